The van der Waals surface area contributed by atoms with E-state index in [0.29, 0.717) is 18.1 Å². The van der Waals surface area contributed by atoms with E-state index in [4.69, 9.17) is 4.98 Å². The molecule has 7 nitrogen and oxygen atoms in total. The quantitative estimate of drug-likeness (QED) is 0.459. The molecule has 4 aromatic rings. The summed E-state index contributed by atoms with van der Waals surface area (Å²) in [5.74, 6) is 1.83. The lowest BCUT2D eigenvalue weighted by Crippen LogP contribution is -2.49. The summed E-state index contributed by atoms with van der Waals surface area (Å²) in [6, 6.07) is 18.5. The smallest absolute Gasteiger partial charge is 0.212 e. The second-order valence-corrected chi connectivity index (χ2v) is 9.79. The van der Waals surface area contributed by atoms with Crippen molar-refractivity contribution in [2.75, 3.05) is 23.3 Å². The van der Waals surface area contributed by atoms with E-state index in [1.807, 2.05) is 30.7 Å². The van der Waals surface area contributed by atoms with Crippen molar-refractivity contribution in [3.63, 3.8) is 0 Å². The number of imidazole rings is 1. The van der Waals surface area contributed by atoms with E-state index in [0.717, 1.165) is 41.8 Å². The van der Waals surface area contributed by atoms with Gasteiger partial charge in [-0.1, -0.05) is 30.3 Å². The van der Waals surface area contributed by atoms with Crippen molar-refractivity contribution in [3.8, 4) is 11.3 Å². The molecule has 3 atom stereocenters. The van der Waals surface area contributed by atoms with Gasteiger partial charge in [-0.15, -0.1) is 0 Å². The minimum Gasteiger partial charge on any atom is -0.364 e. The molecule has 2 bridgehead atoms. The Bertz CT molecular complexity index is 1300. The first-order valence-corrected chi connectivity index (χ1v) is 12.2. The van der Waals surface area contributed by atoms with Gasteiger partial charge in [-0.3, -0.25) is 9.30 Å². The molecule has 3 aromatic heterocycles. The molecule has 1 N–H and O–H groups in total. The number of anilines is 2. The Morgan fingerprint density at radius 2 is 1.79 bits per heavy atom. The van der Waals surface area contributed by atoms with E-state index < -0.39 is 0 Å². The number of fused-ring (bicyclic) bond motifs is 3. The minimum absolute atomic E-state index is 0.159. The molecule has 0 spiro atoms. The molecule has 6 rings (SSSR count). The number of hydrogen-bond acceptors (Lipinski definition) is 6. The van der Waals surface area contributed by atoms with Crippen molar-refractivity contribution in [1.29, 1.82) is 0 Å². The second kappa shape index (κ2) is 8.40. The van der Waals surface area contributed by atoms with Gasteiger partial charge in [0.15, 0.2) is 0 Å². The van der Waals surface area contributed by atoms with Gasteiger partial charge >= 0.3 is 0 Å². The molecule has 0 amide bonds. The van der Waals surface area contributed by atoms with Gasteiger partial charge in [-0.25, -0.2) is 15.0 Å². The Balaban J connectivity index is 1.31. The van der Waals surface area contributed by atoms with Crippen molar-refractivity contribution < 1.29 is 0 Å². The standard InChI is InChI=1S/C27H31N7/c1-18(2)33-16-23-14-22(33)17-34(23)27-31-24(15-26-29-11-12-32(26)27)21-9-10-28-25(13-21)30-19(3)20-7-5-4-6-8-20/h4-13,15,18-19,22-23H,14,16-17H2,1-3H3,(H,28,30)/t19-,22-,23-/m0/s1. The monoisotopic (exact) mass is 453 g/mol. The van der Waals surface area contributed by atoms with E-state index in [1.165, 1.54) is 12.0 Å². The highest BCUT2D eigenvalue weighted by atomic mass is 15.4. The number of aromatic nitrogens is 4. The van der Waals surface area contributed by atoms with Gasteiger partial charge in [-0.2, -0.15) is 0 Å². The van der Waals surface area contributed by atoms with Crippen LogP contribution in [0.5, 0.6) is 0 Å². The molecule has 174 valence electrons. The highest BCUT2D eigenvalue weighted by molar-refractivity contribution is 5.68. The zero-order valence-electron chi connectivity index (χ0n) is 20.0. The molecule has 0 saturated carbocycles. The molecule has 0 aliphatic carbocycles. The van der Waals surface area contributed by atoms with Crippen LogP contribution >= 0.6 is 0 Å². The van der Waals surface area contributed by atoms with Gasteiger partial charge in [-0.05, 0) is 44.9 Å². The molecule has 34 heavy (non-hydrogen) atoms. The van der Waals surface area contributed by atoms with Gasteiger partial charge < -0.3 is 10.2 Å². The topological polar surface area (TPSA) is 61.6 Å². The lowest BCUT2D eigenvalue weighted by atomic mass is 10.1. The zero-order valence-corrected chi connectivity index (χ0v) is 20.0. The summed E-state index contributed by atoms with van der Waals surface area (Å²) in [7, 11) is 0. The van der Waals surface area contributed by atoms with E-state index in [2.05, 4.69) is 86.7 Å². The fourth-order valence-electron chi connectivity index (χ4n) is 5.55. The lowest BCUT2D eigenvalue weighted by molar-refractivity contribution is 0.190. The molecule has 2 aliphatic rings. The van der Waals surface area contributed by atoms with Crippen molar-refractivity contribution in [2.24, 2.45) is 0 Å². The fourth-order valence-corrected chi connectivity index (χ4v) is 5.55. The number of pyridine rings is 1. The van der Waals surface area contributed by atoms with Crippen molar-refractivity contribution in [1.82, 2.24) is 24.3 Å². The van der Waals surface area contributed by atoms with Crippen molar-refractivity contribution in [2.45, 2.75) is 51.4 Å². The van der Waals surface area contributed by atoms with Gasteiger partial charge in [0.2, 0.25) is 5.95 Å². The van der Waals surface area contributed by atoms with Crippen LogP contribution in [0.2, 0.25) is 0 Å². The third-order valence-electron chi connectivity index (χ3n) is 7.29. The fraction of sp³-hybridized carbons (Fsp3) is 0.370. The number of rotatable bonds is 6. The molecular formula is C27H31N7. The van der Waals surface area contributed by atoms with Crippen LogP contribution in [0.25, 0.3) is 16.9 Å². The Labute approximate surface area is 200 Å². The van der Waals surface area contributed by atoms with E-state index in [-0.39, 0.29) is 6.04 Å². The average Bonchev–Trinajstić information content (AvgIpc) is 3.60. The van der Waals surface area contributed by atoms with Gasteiger partial charge in [0.25, 0.3) is 0 Å². The SMILES string of the molecule is CC(C)N1C[C@@H]2C[C@H]1CN2c1nc(-c2ccnc(N[C@@H](C)c3ccccc3)c2)cc2nccn12. The number of nitrogens with one attached hydrogen (secondary N) is 1. The molecular weight excluding hydrogens is 422 g/mol. The van der Waals surface area contributed by atoms with E-state index in [9.17, 15) is 0 Å². The highest BCUT2D eigenvalue weighted by Gasteiger charge is 2.45. The number of benzene rings is 1. The van der Waals surface area contributed by atoms with Crippen molar-refractivity contribution >= 4 is 17.4 Å². The van der Waals surface area contributed by atoms with Crippen LogP contribution in [0.15, 0.2) is 67.1 Å². The van der Waals surface area contributed by atoms with E-state index in [1.54, 1.807) is 0 Å². The maximum Gasteiger partial charge on any atom is 0.212 e. The molecule has 2 saturated heterocycles. The molecule has 0 unspecified atom stereocenters. The van der Waals surface area contributed by atoms with Gasteiger partial charge in [0.1, 0.15) is 11.5 Å². The normalized spacial score (nSPS) is 21.0. The summed E-state index contributed by atoms with van der Waals surface area (Å²) in [6.45, 7) is 8.87. The van der Waals surface area contributed by atoms with Gasteiger partial charge in [0, 0.05) is 67.5 Å². The first-order valence-electron chi connectivity index (χ1n) is 12.2. The highest BCUT2D eigenvalue weighted by Crippen LogP contribution is 2.36. The maximum atomic E-state index is 5.17. The molecule has 7 heteroatoms. The van der Waals surface area contributed by atoms with Crippen molar-refractivity contribution in [3.05, 3.63) is 72.7 Å². The Kier molecular flexibility index (Phi) is 5.21. The van der Waals surface area contributed by atoms with Crippen LogP contribution in [-0.4, -0.2) is 55.5 Å². The van der Waals surface area contributed by atoms with Crippen LogP contribution < -0.4 is 10.2 Å². The van der Waals surface area contributed by atoms with E-state index >= 15 is 0 Å². The number of likely N-dealkylation sites (tertiary alicyclic amines) is 1. The first-order chi connectivity index (χ1) is 16.6. The number of nitrogens with zero attached hydrogens (tertiary/aromatic N) is 6. The summed E-state index contributed by atoms with van der Waals surface area (Å²) in [5, 5.41) is 3.53. The van der Waals surface area contributed by atoms with Crippen LogP contribution in [0.1, 0.15) is 38.8 Å². The van der Waals surface area contributed by atoms with Gasteiger partial charge in [0.05, 0.1) is 5.69 Å². The molecule has 0 radical (unpaired) electrons. The zero-order chi connectivity index (χ0) is 23.2. The van der Waals surface area contributed by atoms with Crippen LogP contribution in [-0.2, 0) is 0 Å². The lowest BCUT2D eigenvalue weighted by Gasteiger charge is -2.37. The third-order valence-corrected chi connectivity index (χ3v) is 7.29. The third kappa shape index (κ3) is 3.70. The molecule has 1 aromatic carbocycles. The number of hydrogen-bond donors (Lipinski definition) is 1. The van der Waals surface area contributed by atoms with Crippen LogP contribution in [0.3, 0.4) is 0 Å². The second-order valence-electron chi connectivity index (χ2n) is 9.79. The summed E-state index contributed by atoms with van der Waals surface area (Å²) in [4.78, 5) is 19.5. The minimum atomic E-state index is 0.159. The Morgan fingerprint density at radius 3 is 2.56 bits per heavy atom. The molecule has 2 fully saturated rings. The maximum absolute atomic E-state index is 5.17. The summed E-state index contributed by atoms with van der Waals surface area (Å²) in [6.07, 6.45) is 6.95. The predicted octanol–water partition coefficient (Wildman–Crippen LogP) is 4.64. The number of piperazine rings is 1. The van der Waals surface area contributed by atoms with Crippen LogP contribution in [0.4, 0.5) is 11.8 Å². The van der Waals surface area contributed by atoms with Crippen LogP contribution in [0, 0.1) is 0 Å². The predicted molar refractivity (Wildman–Crippen MR) is 136 cm³/mol. The molecule has 2 aliphatic heterocycles. The largest absolute Gasteiger partial charge is 0.364 e. The first kappa shape index (κ1) is 21.1. The Hall–Kier alpha value is -3.45. The average molecular weight is 454 g/mol. The molecule has 5 heterocycles. The Morgan fingerprint density at radius 1 is 0.941 bits per heavy atom. The summed E-state index contributed by atoms with van der Waals surface area (Å²) in [5.41, 5.74) is 4.12. The summed E-state index contributed by atoms with van der Waals surface area (Å²) < 4.78 is 2.13. The summed E-state index contributed by atoms with van der Waals surface area (Å²) >= 11 is 0.